The third-order valence-corrected chi connectivity index (χ3v) is 5.00. The number of hydrogen-bond donors (Lipinski definition) is 1. The maximum Gasteiger partial charge on any atom is 0.349 e. The number of methoxy groups -OCH3 is 1. The number of carbonyl (C=O) groups is 1. The highest BCUT2D eigenvalue weighted by Gasteiger charge is 2.20. The normalized spacial score (nSPS) is 11.8. The van der Waals surface area contributed by atoms with E-state index in [2.05, 4.69) is 10.3 Å². The molecule has 2 aromatic carbocycles. The van der Waals surface area contributed by atoms with E-state index < -0.39 is 22.5 Å². The van der Waals surface area contributed by atoms with E-state index in [0.29, 0.717) is 0 Å². The van der Waals surface area contributed by atoms with Crippen LogP contribution < -0.4 is 15.7 Å². The van der Waals surface area contributed by atoms with Gasteiger partial charge in [0.25, 0.3) is 11.6 Å². The Kier molecular flexibility index (Phi) is 5.42. The fraction of sp³-hybridized carbons (Fsp3) is 0.136. The Balaban J connectivity index is 1.61. The SMILES string of the molecule is COc1cc([N+](=O)[O-])cc2cc(C(=O)N[C@H](C)c3ccc(-n4ccnc4)cc3)c(=O)oc12. The van der Waals surface area contributed by atoms with Gasteiger partial charge >= 0.3 is 5.63 Å². The molecule has 0 unspecified atom stereocenters. The second kappa shape index (κ2) is 8.34. The first kappa shape index (κ1) is 20.8. The molecule has 1 atom stereocenters. The van der Waals surface area contributed by atoms with Gasteiger partial charge in [-0.05, 0) is 30.7 Å². The molecule has 0 aliphatic heterocycles. The standard InChI is InChI=1S/C22H18N4O6/c1-13(14-3-5-16(6-4-14)25-8-7-23-12-25)24-21(27)18-10-15-9-17(26(29)30)11-19(31-2)20(15)32-22(18)28/h3-13H,1-2H3,(H,24,27)/t13-/m1/s1. The van der Waals surface area contributed by atoms with Gasteiger partial charge in [0.2, 0.25) is 0 Å². The van der Waals surface area contributed by atoms with Crippen LogP contribution in [-0.4, -0.2) is 27.5 Å². The molecule has 0 aliphatic carbocycles. The monoisotopic (exact) mass is 434 g/mol. The van der Waals surface area contributed by atoms with Crippen LogP contribution in [0.3, 0.4) is 0 Å². The summed E-state index contributed by atoms with van der Waals surface area (Å²) in [5.74, 6) is -0.623. The summed E-state index contributed by atoms with van der Waals surface area (Å²) >= 11 is 0. The van der Waals surface area contributed by atoms with Crippen LogP contribution in [0.15, 0.2) is 70.4 Å². The van der Waals surface area contributed by atoms with Crippen molar-refractivity contribution in [3.05, 3.63) is 92.8 Å². The first-order valence-corrected chi connectivity index (χ1v) is 9.57. The van der Waals surface area contributed by atoms with E-state index in [1.54, 1.807) is 19.4 Å². The van der Waals surface area contributed by atoms with Crippen molar-refractivity contribution >= 4 is 22.6 Å². The summed E-state index contributed by atoms with van der Waals surface area (Å²) in [6, 6.07) is 10.7. The van der Waals surface area contributed by atoms with Crippen LogP contribution in [0.5, 0.6) is 5.75 Å². The van der Waals surface area contributed by atoms with Gasteiger partial charge in [0, 0.05) is 29.5 Å². The molecule has 0 bridgehead atoms. The van der Waals surface area contributed by atoms with Gasteiger partial charge in [-0.2, -0.15) is 0 Å². The van der Waals surface area contributed by atoms with E-state index in [0.717, 1.165) is 17.3 Å². The highest BCUT2D eigenvalue weighted by atomic mass is 16.6. The number of nitrogens with zero attached hydrogens (tertiary/aromatic N) is 3. The van der Waals surface area contributed by atoms with Gasteiger partial charge in [-0.15, -0.1) is 0 Å². The summed E-state index contributed by atoms with van der Waals surface area (Å²) in [7, 11) is 1.30. The molecule has 32 heavy (non-hydrogen) atoms. The Hall–Kier alpha value is -4.47. The van der Waals surface area contributed by atoms with Crippen LogP contribution in [0.1, 0.15) is 28.9 Å². The maximum atomic E-state index is 12.8. The lowest BCUT2D eigenvalue weighted by molar-refractivity contribution is -0.384. The van der Waals surface area contributed by atoms with Gasteiger partial charge < -0.3 is 19.0 Å². The molecule has 10 heteroatoms. The minimum absolute atomic E-state index is 0.0304. The van der Waals surface area contributed by atoms with Crippen LogP contribution in [0.2, 0.25) is 0 Å². The van der Waals surface area contributed by atoms with Gasteiger partial charge in [-0.25, -0.2) is 9.78 Å². The van der Waals surface area contributed by atoms with Crippen molar-refractivity contribution in [2.24, 2.45) is 0 Å². The summed E-state index contributed by atoms with van der Waals surface area (Å²) in [5, 5.41) is 14.1. The minimum Gasteiger partial charge on any atom is -0.493 e. The molecule has 0 saturated carbocycles. The van der Waals surface area contributed by atoms with E-state index in [1.165, 1.54) is 19.2 Å². The maximum absolute atomic E-state index is 12.8. The molecule has 0 aliphatic rings. The zero-order chi connectivity index (χ0) is 22.8. The molecule has 4 rings (SSSR count). The molecule has 0 fully saturated rings. The number of nitro benzene ring substituents is 1. The van der Waals surface area contributed by atoms with E-state index in [1.807, 2.05) is 35.0 Å². The Labute approximate surface area is 181 Å². The number of fused-ring (bicyclic) bond motifs is 1. The van der Waals surface area contributed by atoms with Crippen molar-refractivity contribution in [1.29, 1.82) is 0 Å². The van der Waals surface area contributed by atoms with Crippen LogP contribution >= 0.6 is 0 Å². The number of nitrogens with one attached hydrogen (secondary N) is 1. The number of nitro groups is 1. The number of hydrogen-bond acceptors (Lipinski definition) is 7. The fourth-order valence-electron chi connectivity index (χ4n) is 3.31. The predicted molar refractivity (Wildman–Crippen MR) is 115 cm³/mol. The van der Waals surface area contributed by atoms with Crippen molar-refractivity contribution in [1.82, 2.24) is 14.9 Å². The quantitative estimate of drug-likeness (QED) is 0.280. The molecule has 0 spiro atoms. The minimum atomic E-state index is -0.871. The number of non-ortho nitro benzene ring substituents is 1. The summed E-state index contributed by atoms with van der Waals surface area (Å²) < 4.78 is 12.2. The van der Waals surface area contributed by atoms with Crippen LogP contribution in [0, 0.1) is 10.1 Å². The first-order chi connectivity index (χ1) is 15.4. The van der Waals surface area contributed by atoms with Crippen molar-refractivity contribution in [2.45, 2.75) is 13.0 Å². The molecular formula is C22H18N4O6. The number of amides is 1. The third kappa shape index (κ3) is 3.93. The molecule has 10 nitrogen and oxygen atoms in total. The Bertz CT molecular complexity index is 1360. The second-order valence-electron chi connectivity index (χ2n) is 7.03. The lowest BCUT2D eigenvalue weighted by Gasteiger charge is -2.15. The highest BCUT2D eigenvalue weighted by molar-refractivity contribution is 5.98. The van der Waals surface area contributed by atoms with Gasteiger partial charge in [-0.3, -0.25) is 14.9 Å². The number of ether oxygens (including phenoxy) is 1. The van der Waals surface area contributed by atoms with Gasteiger partial charge in [0.05, 0.1) is 30.5 Å². The second-order valence-corrected chi connectivity index (χ2v) is 7.03. The fourth-order valence-corrected chi connectivity index (χ4v) is 3.31. The van der Waals surface area contributed by atoms with Crippen LogP contribution in [0.4, 0.5) is 5.69 Å². The number of imidazole rings is 1. The molecule has 2 aromatic heterocycles. The summed E-state index contributed by atoms with van der Waals surface area (Å²) in [5.41, 5.74) is 0.385. The summed E-state index contributed by atoms with van der Waals surface area (Å²) in [4.78, 5) is 39.8. The molecule has 0 saturated heterocycles. The molecule has 0 radical (unpaired) electrons. The number of aromatic nitrogens is 2. The van der Waals surface area contributed by atoms with Crippen LogP contribution in [-0.2, 0) is 0 Å². The zero-order valence-electron chi connectivity index (χ0n) is 17.1. The Morgan fingerprint density at radius 2 is 2.00 bits per heavy atom. The van der Waals surface area contributed by atoms with E-state index >= 15 is 0 Å². The Morgan fingerprint density at radius 3 is 2.62 bits per heavy atom. The van der Waals surface area contributed by atoms with Gasteiger partial charge in [-0.1, -0.05) is 12.1 Å². The van der Waals surface area contributed by atoms with Crippen molar-refractivity contribution < 1.29 is 18.9 Å². The molecule has 4 aromatic rings. The van der Waals surface area contributed by atoms with Crippen molar-refractivity contribution in [3.8, 4) is 11.4 Å². The largest absolute Gasteiger partial charge is 0.493 e. The topological polar surface area (TPSA) is 130 Å². The predicted octanol–water partition coefficient (Wildman–Crippen LogP) is 3.39. The molecule has 162 valence electrons. The van der Waals surface area contributed by atoms with Gasteiger partial charge in [0.1, 0.15) is 5.56 Å². The molecule has 2 heterocycles. The van der Waals surface area contributed by atoms with E-state index in [9.17, 15) is 19.7 Å². The smallest absolute Gasteiger partial charge is 0.349 e. The molecule has 1 N–H and O–H groups in total. The lowest BCUT2D eigenvalue weighted by Crippen LogP contribution is -2.30. The van der Waals surface area contributed by atoms with E-state index in [-0.39, 0.29) is 28.0 Å². The van der Waals surface area contributed by atoms with Crippen molar-refractivity contribution in [3.63, 3.8) is 0 Å². The Morgan fingerprint density at radius 1 is 1.25 bits per heavy atom. The summed E-state index contributed by atoms with van der Waals surface area (Å²) in [6.45, 7) is 1.78. The zero-order valence-corrected chi connectivity index (χ0v) is 17.1. The van der Waals surface area contributed by atoms with Crippen molar-refractivity contribution in [2.75, 3.05) is 7.11 Å². The van der Waals surface area contributed by atoms with E-state index in [4.69, 9.17) is 9.15 Å². The average Bonchev–Trinajstić information content (AvgIpc) is 3.33. The summed E-state index contributed by atoms with van der Waals surface area (Å²) in [6.07, 6.45) is 5.17. The number of carbonyl (C=O) groups excluding carboxylic acids is 1. The number of benzene rings is 2. The highest BCUT2D eigenvalue weighted by Crippen LogP contribution is 2.30. The molecule has 1 amide bonds. The lowest BCUT2D eigenvalue weighted by atomic mass is 10.1. The average molecular weight is 434 g/mol. The first-order valence-electron chi connectivity index (χ1n) is 9.57. The number of rotatable bonds is 6. The van der Waals surface area contributed by atoms with Gasteiger partial charge in [0.15, 0.2) is 11.3 Å². The molecular weight excluding hydrogens is 416 g/mol. The van der Waals surface area contributed by atoms with Crippen LogP contribution in [0.25, 0.3) is 16.7 Å². The third-order valence-electron chi connectivity index (χ3n) is 5.00.